The van der Waals surface area contributed by atoms with Gasteiger partial charge in [-0.25, -0.2) is 24.9 Å². The molecule has 0 atom stereocenters. The summed E-state index contributed by atoms with van der Waals surface area (Å²) in [7, 11) is 3.49. The van der Waals surface area contributed by atoms with E-state index in [2.05, 4.69) is 61.1 Å². The second kappa shape index (κ2) is 8.44. The predicted octanol–water partition coefficient (Wildman–Crippen LogP) is 4.31. The monoisotopic (exact) mass is 462 g/mol. The number of aryl methyl sites for hydroxylation is 1. The fourth-order valence-corrected chi connectivity index (χ4v) is 4.87. The average Bonchev–Trinajstić information content (AvgIpc) is 3.26. The summed E-state index contributed by atoms with van der Waals surface area (Å²) in [6, 6.07) is 0.372. The van der Waals surface area contributed by atoms with Crippen LogP contribution in [-0.2, 0) is 0 Å². The van der Waals surface area contributed by atoms with Gasteiger partial charge in [-0.15, -0.1) is 11.3 Å². The second-order valence-electron chi connectivity index (χ2n) is 6.28. The Morgan fingerprint density at radius 1 is 1.32 bits per heavy atom. The number of fused-ring (bicyclic) bond motifs is 1. The predicted molar refractivity (Wildman–Crippen MR) is 118 cm³/mol. The Morgan fingerprint density at radius 2 is 2.04 bits per heavy atom. The van der Waals surface area contributed by atoms with Gasteiger partial charge in [0.25, 0.3) is 0 Å². The Hall–Kier alpha value is -2.20. The first kappa shape index (κ1) is 20.5. The van der Waals surface area contributed by atoms with Gasteiger partial charge < -0.3 is 4.57 Å². The molecule has 10 heteroatoms. The van der Waals surface area contributed by atoms with E-state index < -0.39 is 0 Å². The van der Waals surface area contributed by atoms with Gasteiger partial charge in [0.05, 0.1) is 16.9 Å². The van der Waals surface area contributed by atoms with Crippen molar-refractivity contribution in [1.29, 1.82) is 0 Å². The first-order valence-electron chi connectivity index (χ1n) is 9.00. The SMILES string of the molecule is C=NN(C)C(=NC)c1nc(Br)c(-c2nc3ncn(C(CC)CC)c3nc2C)s1. The molecule has 8 nitrogen and oxygen atoms in total. The number of amidine groups is 1. The minimum absolute atomic E-state index is 0.372. The summed E-state index contributed by atoms with van der Waals surface area (Å²) in [6.07, 6.45) is 3.89. The Bertz CT molecular complexity index is 1030. The summed E-state index contributed by atoms with van der Waals surface area (Å²) in [5, 5.41) is 6.22. The van der Waals surface area contributed by atoms with E-state index in [9.17, 15) is 0 Å². The molecule has 0 aromatic carbocycles. The summed E-state index contributed by atoms with van der Waals surface area (Å²) >= 11 is 5.04. The van der Waals surface area contributed by atoms with Crippen molar-refractivity contribution in [2.75, 3.05) is 14.1 Å². The van der Waals surface area contributed by atoms with Gasteiger partial charge in [0, 0.05) is 26.9 Å². The molecule has 3 rings (SSSR count). The van der Waals surface area contributed by atoms with E-state index in [0.717, 1.165) is 39.8 Å². The molecule has 0 radical (unpaired) electrons. The first-order chi connectivity index (χ1) is 13.4. The molecule has 0 aliphatic rings. The lowest BCUT2D eigenvalue weighted by atomic mass is 10.2. The third-order valence-electron chi connectivity index (χ3n) is 4.64. The number of hydrogen-bond acceptors (Lipinski definition) is 7. The summed E-state index contributed by atoms with van der Waals surface area (Å²) in [4.78, 5) is 23.9. The van der Waals surface area contributed by atoms with Crippen LogP contribution in [-0.4, -0.2) is 56.2 Å². The molecule has 0 aliphatic carbocycles. The average molecular weight is 463 g/mol. The highest BCUT2D eigenvalue weighted by Gasteiger charge is 2.22. The van der Waals surface area contributed by atoms with Gasteiger partial charge in [-0.2, -0.15) is 5.10 Å². The molecule has 28 heavy (non-hydrogen) atoms. The summed E-state index contributed by atoms with van der Waals surface area (Å²) < 4.78 is 2.82. The van der Waals surface area contributed by atoms with Crippen LogP contribution in [0.15, 0.2) is 21.0 Å². The van der Waals surface area contributed by atoms with Crippen molar-refractivity contribution < 1.29 is 0 Å². The van der Waals surface area contributed by atoms with Crippen LogP contribution < -0.4 is 0 Å². The van der Waals surface area contributed by atoms with Crippen molar-refractivity contribution in [2.45, 2.75) is 39.7 Å². The summed E-state index contributed by atoms with van der Waals surface area (Å²) in [5.74, 6) is 0.636. The number of hydrazone groups is 1. The second-order valence-corrected chi connectivity index (χ2v) is 8.03. The standard InChI is InChI=1S/C18H23BrN8S/c1-7-11(8-2)27-9-22-15-16(27)23-10(3)12(24-15)13-14(19)25-18(28-13)17(20-4)26(6)21-5/h9,11H,5,7-8H2,1-4,6H3. The molecule has 3 aromatic rings. The van der Waals surface area contributed by atoms with Crippen LogP contribution in [0.2, 0.25) is 0 Å². The van der Waals surface area contributed by atoms with Gasteiger partial charge in [0.15, 0.2) is 22.1 Å². The molecule has 0 saturated heterocycles. The molecule has 0 amide bonds. The van der Waals surface area contributed by atoms with Crippen molar-refractivity contribution in [2.24, 2.45) is 10.1 Å². The van der Waals surface area contributed by atoms with E-state index in [4.69, 9.17) is 9.97 Å². The third kappa shape index (κ3) is 3.58. The van der Waals surface area contributed by atoms with Crippen molar-refractivity contribution >= 4 is 51.1 Å². The van der Waals surface area contributed by atoms with Crippen molar-refractivity contribution in [3.8, 4) is 10.6 Å². The van der Waals surface area contributed by atoms with Crippen LogP contribution in [0.3, 0.4) is 0 Å². The highest BCUT2D eigenvalue weighted by atomic mass is 79.9. The molecule has 0 spiro atoms. The maximum atomic E-state index is 4.82. The van der Waals surface area contributed by atoms with Gasteiger partial charge in [0.2, 0.25) is 0 Å². The van der Waals surface area contributed by atoms with Gasteiger partial charge in [-0.1, -0.05) is 13.8 Å². The maximum absolute atomic E-state index is 4.82. The van der Waals surface area contributed by atoms with Crippen LogP contribution in [0, 0.1) is 6.92 Å². The summed E-state index contributed by atoms with van der Waals surface area (Å²) in [5.41, 5.74) is 3.06. The smallest absolute Gasteiger partial charge is 0.198 e. The normalized spacial score (nSPS) is 12.2. The first-order valence-corrected chi connectivity index (χ1v) is 10.6. The zero-order chi connectivity index (χ0) is 20.4. The van der Waals surface area contributed by atoms with Crippen LogP contribution >= 0.6 is 27.3 Å². The molecule has 3 aromatic heterocycles. The molecule has 0 fully saturated rings. The Labute approximate surface area is 176 Å². The quantitative estimate of drug-likeness (QED) is 0.309. The van der Waals surface area contributed by atoms with E-state index >= 15 is 0 Å². The minimum Gasteiger partial charge on any atom is -0.311 e. The number of nitrogens with zero attached hydrogens (tertiary/aromatic N) is 8. The molecule has 0 saturated carbocycles. The number of aromatic nitrogens is 5. The van der Waals surface area contributed by atoms with Crippen LogP contribution in [0.5, 0.6) is 0 Å². The van der Waals surface area contributed by atoms with E-state index in [1.807, 2.05) is 13.3 Å². The van der Waals surface area contributed by atoms with Crippen molar-refractivity contribution in [3.05, 3.63) is 21.6 Å². The van der Waals surface area contributed by atoms with Crippen LogP contribution in [0.4, 0.5) is 0 Å². The number of halogens is 1. The number of imidazole rings is 1. The van der Waals surface area contributed by atoms with E-state index in [1.54, 1.807) is 19.1 Å². The van der Waals surface area contributed by atoms with E-state index in [-0.39, 0.29) is 0 Å². The molecule has 0 N–H and O–H groups in total. The molecule has 0 aliphatic heterocycles. The maximum Gasteiger partial charge on any atom is 0.198 e. The molecule has 0 unspecified atom stereocenters. The molecule has 0 bridgehead atoms. The highest BCUT2D eigenvalue weighted by Crippen LogP contribution is 2.35. The zero-order valence-electron chi connectivity index (χ0n) is 16.6. The number of hydrogen-bond donors (Lipinski definition) is 0. The fraction of sp³-hybridized carbons (Fsp3) is 0.444. The van der Waals surface area contributed by atoms with Crippen LogP contribution in [0.1, 0.15) is 43.4 Å². The Balaban J connectivity index is 2.10. The van der Waals surface area contributed by atoms with E-state index in [1.165, 1.54) is 11.3 Å². The Kier molecular flexibility index (Phi) is 6.19. The third-order valence-corrected chi connectivity index (χ3v) is 6.54. The van der Waals surface area contributed by atoms with E-state index in [0.29, 0.717) is 22.1 Å². The highest BCUT2D eigenvalue weighted by molar-refractivity contribution is 9.10. The molecular weight excluding hydrogens is 440 g/mol. The lowest BCUT2D eigenvalue weighted by molar-refractivity contribution is 0.480. The number of thiazole rings is 1. The van der Waals surface area contributed by atoms with Gasteiger partial charge in [0.1, 0.15) is 10.3 Å². The molecule has 3 heterocycles. The number of aliphatic imine (C=N–C) groups is 1. The zero-order valence-corrected chi connectivity index (χ0v) is 19.0. The van der Waals surface area contributed by atoms with Crippen molar-refractivity contribution in [3.63, 3.8) is 0 Å². The minimum atomic E-state index is 0.372. The van der Waals surface area contributed by atoms with Gasteiger partial charge in [-0.3, -0.25) is 4.99 Å². The fourth-order valence-electron chi connectivity index (χ4n) is 3.08. The lowest BCUT2D eigenvalue weighted by Gasteiger charge is -2.14. The molecular formula is C18H23BrN8S. The lowest BCUT2D eigenvalue weighted by Crippen LogP contribution is -2.21. The summed E-state index contributed by atoms with van der Waals surface area (Å²) in [6.45, 7) is 9.86. The topological polar surface area (TPSA) is 84.5 Å². The van der Waals surface area contributed by atoms with Gasteiger partial charge in [-0.05, 0) is 35.7 Å². The largest absolute Gasteiger partial charge is 0.311 e. The number of rotatable bonds is 6. The molecule has 148 valence electrons. The Morgan fingerprint density at radius 3 is 2.64 bits per heavy atom. The van der Waals surface area contributed by atoms with Crippen molar-refractivity contribution in [1.82, 2.24) is 29.5 Å². The van der Waals surface area contributed by atoms with Gasteiger partial charge >= 0.3 is 0 Å². The van der Waals surface area contributed by atoms with Crippen LogP contribution in [0.25, 0.3) is 21.9 Å².